The summed E-state index contributed by atoms with van der Waals surface area (Å²) in [5.74, 6) is 1.21. The molecule has 1 aromatic carbocycles. The SMILES string of the molecule is C=CCc1c(Cl)c(OC)c(OC)c(OC)c1Cl. The van der Waals surface area contributed by atoms with Crippen LogP contribution in [-0.2, 0) is 6.42 Å². The van der Waals surface area contributed by atoms with Crippen LogP contribution in [0.25, 0.3) is 0 Å². The first-order valence-corrected chi connectivity index (χ1v) is 5.64. The van der Waals surface area contributed by atoms with Crippen LogP contribution in [0.1, 0.15) is 5.56 Å². The lowest BCUT2D eigenvalue weighted by Gasteiger charge is -2.18. The highest BCUT2D eigenvalue weighted by molar-refractivity contribution is 6.38. The van der Waals surface area contributed by atoms with Crippen molar-refractivity contribution in [2.75, 3.05) is 21.3 Å². The highest BCUT2D eigenvalue weighted by atomic mass is 35.5. The molecule has 0 fully saturated rings. The quantitative estimate of drug-likeness (QED) is 0.767. The van der Waals surface area contributed by atoms with Gasteiger partial charge < -0.3 is 14.2 Å². The van der Waals surface area contributed by atoms with Crippen molar-refractivity contribution in [3.8, 4) is 17.2 Å². The molecule has 0 aliphatic carbocycles. The molecule has 17 heavy (non-hydrogen) atoms. The van der Waals surface area contributed by atoms with Crippen molar-refractivity contribution in [2.45, 2.75) is 6.42 Å². The van der Waals surface area contributed by atoms with Crippen molar-refractivity contribution >= 4 is 23.2 Å². The Bertz CT molecular complexity index is 399. The Labute approximate surface area is 111 Å². The largest absolute Gasteiger partial charge is 0.491 e. The van der Waals surface area contributed by atoms with Crippen molar-refractivity contribution in [2.24, 2.45) is 0 Å². The van der Waals surface area contributed by atoms with Gasteiger partial charge in [-0.25, -0.2) is 0 Å². The van der Waals surface area contributed by atoms with Gasteiger partial charge in [0.25, 0.3) is 0 Å². The van der Waals surface area contributed by atoms with Gasteiger partial charge in [-0.05, 0) is 6.42 Å². The predicted molar refractivity (Wildman–Crippen MR) is 70.0 cm³/mol. The molecule has 0 spiro atoms. The molecule has 0 amide bonds. The van der Waals surface area contributed by atoms with Crippen LogP contribution in [-0.4, -0.2) is 21.3 Å². The fourth-order valence-electron chi connectivity index (χ4n) is 1.55. The molecule has 0 aliphatic heterocycles. The van der Waals surface area contributed by atoms with Crippen LogP contribution in [0.15, 0.2) is 12.7 Å². The third-order valence-electron chi connectivity index (χ3n) is 2.30. The minimum absolute atomic E-state index is 0.387. The maximum atomic E-state index is 6.21. The Morgan fingerprint density at radius 3 is 1.65 bits per heavy atom. The van der Waals surface area contributed by atoms with E-state index in [4.69, 9.17) is 37.4 Å². The fourth-order valence-corrected chi connectivity index (χ4v) is 2.26. The zero-order chi connectivity index (χ0) is 13.0. The van der Waals surface area contributed by atoms with Gasteiger partial charge >= 0.3 is 0 Å². The van der Waals surface area contributed by atoms with E-state index in [1.165, 1.54) is 21.3 Å². The molecule has 1 rings (SSSR count). The summed E-state index contributed by atoms with van der Waals surface area (Å²) in [4.78, 5) is 0. The molecule has 0 N–H and O–H groups in total. The van der Waals surface area contributed by atoms with Crippen LogP contribution >= 0.6 is 23.2 Å². The second kappa shape index (κ2) is 6.03. The number of allylic oxidation sites excluding steroid dienone is 1. The van der Waals surface area contributed by atoms with E-state index >= 15 is 0 Å². The van der Waals surface area contributed by atoms with Crippen molar-refractivity contribution in [3.63, 3.8) is 0 Å². The van der Waals surface area contributed by atoms with Gasteiger partial charge in [-0.3, -0.25) is 0 Å². The molecule has 0 saturated carbocycles. The van der Waals surface area contributed by atoms with E-state index in [-0.39, 0.29) is 0 Å². The summed E-state index contributed by atoms with van der Waals surface area (Å²) in [5, 5.41) is 0.824. The van der Waals surface area contributed by atoms with Gasteiger partial charge in [0.1, 0.15) is 0 Å². The molecule has 0 saturated heterocycles. The van der Waals surface area contributed by atoms with E-state index in [1.807, 2.05) is 0 Å². The average molecular weight is 277 g/mol. The summed E-state index contributed by atoms with van der Waals surface area (Å²) in [7, 11) is 4.52. The van der Waals surface area contributed by atoms with Crippen LogP contribution in [0.4, 0.5) is 0 Å². The number of hydrogen-bond donors (Lipinski definition) is 0. The van der Waals surface area contributed by atoms with Gasteiger partial charge in [0.15, 0.2) is 11.5 Å². The molecule has 0 atom stereocenters. The van der Waals surface area contributed by atoms with E-state index in [0.717, 1.165) is 0 Å². The predicted octanol–water partition coefficient (Wildman–Crippen LogP) is 3.75. The topological polar surface area (TPSA) is 27.7 Å². The van der Waals surface area contributed by atoms with Gasteiger partial charge in [-0.1, -0.05) is 29.3 Å². The summed E-state index contributed by atoms with van der Waals surface area (Å²) in [6.07, 6.45) is 2.23. The molecule has 0 heterocycles. The number of halogens is 2. The maximum absolute atomic E-state index is 6.21. The summed E-state index contributed by atoms with van der Waals surface area (Å²) in [6.45, 7) is 3.66. The van der Waals surface area contributed by atoms with Crippen LogP contribution < -0.4 is 14.2 Å². The lowest BCUT2D eigenvalue weighted by atomic mass is 10.1. The van der Waals surface area contributed by atoms with Crippen molar-refractivity contribution in [1.82, 2.24) is 0 Å². The first-order chi connectivity index (χ1) is 8.12. The third kappa shape index (κ3) is 2.45. The molecule has 1 aromatic rings. The highest BCUT2D eigenvalue weighted by Crippen LogP contribution is 2.50. The molecule has 0 aromatic heterocycles. The molecule has 3 nitrogen and oxygen atoms in total. The van der Waals surface area contributed by atoms with Crippen molar-refractivity contribution in [3.05, 3.63) is 28.3 Å². The van der Waals surface area contributed by atoms with Crippen LogP contribution in [0.2, 0.25) is 10.0 Å². The van der Waals surface area contributed by atoms with Crippen LogP contribution in [0.5, 0.6) is 17.2 Å². The normalized spacial score (nSPS) is 9.94. The summed E-state index contributed by atoms with van der Waals surface area (Å²) in [5.41, 5.74) is 0.706. The number of benzene rings is 1. The number of methoxy groups -OCH3 is 3. The Kier molecular flexibility index (Phi) is 4.97. The summed E-state index contributed by atoms with van der Waals surface area (Å²) < 4.78 is 15.7. The van der Waals surface area contributed by atoms with Gasteiger partial charge in [0.2, 0.25) is 5.75 Å². The molecule has 5 heteroatoms. The Hall–Kier alpha value is -1.06. The Balaban J connectivity index is 3.60. The maximum Gasteiger partial charge on any atom is 0.206 e. The zero-order valence-corrected chi connectivity index (χ0v) is 11.5. The average Bonchev–Trinajstić information content (AvgIpc) is 2.33. The Morgan fingerprint density at radius 1 is 0.941 bits per heavy atom. The minimum Gasteiger partial charge on any atom is -0.491 e. The minimum atomic E-state index is 0.387. The number of rotatable bonds is 5. The monoisotopic (exact) mass is 276 g/mol. The zero-order valence-electron chi connectivity index (χ0n) is 9.97. The Morgan fingerprint density at radius 2 is 1.35 bits per heavy atom. The second-order valence-corrected chi connectivity index (χ2v) is 3.95. The van der Waals surface area contributed by atoms with Crippen molar-refractivity contribution < 1.29 is 14.2 Å². The summed E-state index contributed by atoms with van der Waals surface area (Å²) in [6, 6.07) is 0. The number of hydrogen-bond acceptors (Lipinski definition) is 3. The number of ether oxygens (including phenoxy) is 3. The third-order valence-corrected chi connectivity index (χ3v) is 3.10. The molecule has 0 radical (unpaired) electrons. The second-order valence-electron chi connectivity index (χ2n) is 3.20. The van der Waals surface area contributed by atoms with Gasteiger partial charge in [0, 0.05) is 5.56 Å². The molecule has 0 aliphatic rings. The van der Waals surface area contributed by atoms with E-state index in [1.54, 1.807) is 6.08 Å². The van der Waals surface area contributed by atoms with E-state index < -0.39 is 0 Å². The van der Waals surface area contributed by atoms with Gasteiger partial charge in [-0.15, -0.1) is 6.58 Å². The van der Waals surface area contributed by atoms with Crippen molar-refractivity contribution in [1.29, 1.82) is 0 Å². The van der Waals surface area contributed by atoms with E-state index in [2.05, 4.69) is 6.58 Å². The van der Waals surface area contributed by atoms with Gasteiger partial charge in [-0.2, -0.15) is 0 Å². The van der Waals surface area contributed by atoms with E-state index in [0.29, 0.717) is 39.3 Å². The molecule has 0 unspecified atom stereocenters. The van der Waals surface area contributed by atoms with Crippen LogP contribution in [0, 0.1) is 0 Å². The lowest BCUT2D eigenvalue weighted by molar-refractivity contribution is 0.324. The smallest absolute Gasteiger partial charge is 0.206 e. The lowest BCUT2D eigenvalue weighted by Crippen LogP contribution is -2.00. The molecular formula is C12H14Cl2O3. The molecule has 0 bridgehead atoms. The van der Waals surface area contributed by atoms with E-state index in [9.17, 15) is 0 Å². The fraction of sp³-hybridized carbons (Fsp3) is 0.333. The first-order valence-electron chi connectivity index (χ1n) is 4.89. The van der Waals surface area contributed by atoms with Crippen LogP contribution in [0.3, 0.4) is 0 Å². The first kappa shape index (κ1) is 14.0. The van der Waals surface area contributed by atoms with Gasteiger partial charge in [0.05, 0.1) is 31.4 Å². The highest BCUT2D eigenvalue weighted by Gasteiger charge is 2.23. The molecular weight excluding hydrogens is 263 g/mol. The standard InChI is InChI=1S/C12H14Cl2O3/c1-5-6-7-8(13)10(15-2)12(17-4)11(16-3)9(7)14/h5H,1,6H2,2-4H3. The summed E-state index contributed by atoms with van der Waals surface area (Å²) >= 11 is 12.4. The molecule has 94 valence electrons.